The smallest absolute Gasteiger partial charge is 0.405 e. The third-order valence-corrected chi connectivity index (χ3v) is 4.54. The van der Waals surface area contributed by atoms with Crippen molar-refractivity contribution in [1.29, 1.82) is 0 Å². The molecule has 0 aliphatic heterocycles. The Kier molecular flexibility index (Phi) is 6.53. The number of hydrogen-bond acceptors (Lipinski definition) is 2. The minimum atomic E-state index is -4.68. The number of halogens is 4. The van der Waals surface area contributed by atoms with Gasteiger partial charge in [-0.15, -0.1) is 13.2 Å². The summed E-state index contributed by atoms with van der Waals surface area (Å²) in [6.45, 7) is 7.02. The summed E-state index contributed by atoms with van der Waals surface area (Å²) >= 11 is 3.12. The van der Waals surface area contributed by atoms with Crippen LogP contribution in [0.5, 0.6) is 5.75 Å². The number of nitrogens with one attached hydrogen (secondary N) is 1. The van der Waals surface area contributed by atoms with E-state index in [0.717, 1.165) is 24.8 Å². The van der Waals surface area contributed by atoms with Gasteiger partial charge in [0.2, 0.25) is 0 Å². The van der Waals surface area contributed by atoms with Crippen molar-refractivity contribution in [2.24, 2.45) is 0 Å². The van der Waals surface area contributed by atoms with Crippen molar-refractivity contribution in [3.8, 4) is 5.75 Å². The third kappa shape index (κ3) is 5.51. The first-order valence-electron chi connectivity index (χ1n) is 7.04. The molecule has 0 unspecified atom stereocenters. The van der Waals surface area contributed by atoms with Gasteiger partial charge in [0.25, 0.3) is 0 Å². The molecule has 1 aromatic carbocycles. The molecule has 0 saturated carbocycles. The van der Waals surface area contributed by atoms with E-state index in [9.17, 15) is 13.2 Å². The Morgan fingerprint density at radius 3 is 2.10 bits per heavy atom. The maximum absolute atomic E-state index is 12.2. The highest BCUT2D eigenvalue weighted by atomic mass is 79.9. The molecule has 21 heavy (non-hydrogen) atoms. The second kappa shape index (κ2) is 7.49. The quantitative estimate of drug-likeness (QED) is 0.695. The van der Waals surface area contributed by atoms with Crippen LogP contribution in [-0.2, 0) is 6.54 Å². The molecule has 0 aromatic heterocycles. The molecule has 0 atom stereocenters. The number of benzene rings is 1. The second-order valence-electron chi connectivity index (χ2n) is 5.01. The first-order valence-corrected chi connectivity index (χ1v) is 7.83. The fourth-order valence-electron chi connectivity index (χ4n) is 2.28. The first kappa shape index (κ1) is 18.3. The maximum Gasteiger partial charge on any atom is 0.573 e. The lowest BCUT2D eigenvalue weighted by atomic mass is 9.89. The summed E-state index contributed by atoms with van der Waals surface area (Å²) in [5, 5.41) is 3.51. The fourth-order valence-corrected chi connectivity index (χ4v) is 2.78. The Hall–Kier alpha value is -0.750. The van der Waals surface area contributed by atoms with Gasteiger partial charge in [-0.05, 0) is 52.9 Å². The molecule has 0 saturated heterocycles. The van der Waals surface area contributed by atoms with Crippen molar-refractivity contribution in [3.63, 3.8) is 0 Å². The van der Waals surface area contributed by atoms with E-state index < -0.39 is 6.36 Å². The molecule has 0 fully saturated rings. The van der Waals surface area contributed by atoms with Crippen LogP contribution in [0.15, 0.2) is 22.7 Å². The minimum Gasteiger partial charge on any atom is -0.405 e. The lowest BCUT2D eigenvalue weighted by Gasteiger charge is -2.32. The lowest BCUT2D eigenvalue weighted by Crippen LogP contribution is -2.43. The van der Waals surface area contributed by atoms with Crippen molar-refractivity contribution >= 4 is 15.9 Å². The zero-order valence-electron chi connectivity index (χ0n) is 12.5. The van der Waals surface area contributed by atoms with E-state index in [4.69, 9.17) is 0 Å². The Morgan fingerprint density at radius 1 is 1.10 bits per heavy atom. The summed E-state index contributed by atoms with van der Waals surface area (Å²) in [5.41, 5.74) is 0.990. The van der Waals surface area contributed by atoms with Gasteiger partial charge in [-0.3, -0.25) is 0 Å². The first-order chi connectivity index (χ1) is 9.75. The lowest BCUT2D eigenvalue weighted by molar-refractivity contribution is -0.274. The van der Waals surface area contributed by atoms with Crippen LogP contribution in [0.3, 0.4) is 0 Å². The Bertz CT molecular complexity index is 450. The van der Waals surface area contributed by atoms with Crippen LogP contribution in [0.4, 0.5) is 13.2 Å². The molecule has 120 valence electrons. The topological polar surface area (TPSA) is 21.3 Å². The number of ether oxygens (including phenoxy) is 1. The standard InChI is InChI=1S/C15H21BrF3NO/c1-4-14(5-2,6-3)20-10-11-7-8-13(12(16)9-11)21-15(17,18)19/h7-9,20H,4-6,10H2,1-3H3. The SMILES string of the molecule is CCC(CC)(CC)NCc1ccc(OC(F)(F)F)c(Br)c1. The van der Waals surface area contributed by atoms with Crippen LogP contribution in [0, 0.1) is 0 Å². The van der Waals surface area contributed by atoms with Gasteiger partial charge in [0, 0.05) is 12.1 Å². The average molecular weight is 368 g/mol. The van der Waals surface area contributed by atoms with Crippen molar-refractivity contribution in [2.45, 2.75) is 58.5 Å². The van der Waals surface area contributed by atoms with Crippen molar-refractivity contribution in [1.82, 2.24) is 5.32 Å². The normalized spacial score (nSPS) is 12.5. The van der Waals surface area contributed by atoms with E-state index in [0.29, 0.717) is 11.0 Å². The molecule has 6 heteroatoms. The van der Waals surface area contributed by atoms with E-state index in [1.54, 1.807) is 12.1 Å². The summed E-state index contributed by atoms with van der Waals surface area (Å²) in [6.07, 6.45) is -1.65. The minimum absolute atomic E-state index is 0.0770. The van der Waals surface area contributed by atoms with Gasteiger partial charge >= 0.3 is 6.36 Å². The molecular formula is C15H21BrF3NO. The Labute approximate surface area is 132 Å². The molecule has 1 aromatic rings. The number of hydrogen-bond donors (Lipinski definition) is 1. The predicted octanol–water partition coefficient (Wildman–Crippen LogP) is 5.41. The fraction of sp³-hybridized carbons (Fsp3) is 0.600. The van der Waals surface area contributed by atoms with Gasteiger partial charge in [0.1, 0.15) is 5.75 Å². The maximum atomic E-state index is 12.2. The highest BCUT2D eigenvalue weighted by Crippen LogP contribution is 2.31. The monoisotopic (exact) mass is 367 g/mol. The highest BCUT2D eigenvalue weighted by molar-refractivity contribution is 9.10. The predicted molar refractivity (Wildman–Crippen MR) is 81.3 cm³/mol. The molecular weight excluding hydrogens is 347 g/mol. The molecule has 0 amide bonds. The van der Waals surface area contributed by atoms with Crippen LogP contribution in [-0.4, -0.2) is 11.9 Å². The van der Waals surface area contributed by atoms with Crippen molar-refractivity contribution in [2.75, 3.05) is 0 Å². The summed E-state index contributed by atoms with van der Waals surface area (Å²) in [4.78, 5) is 0. The third-order valence-electron chi connectivity index (χ3n) is 3.92. The molecule has 2 nitrogen and oxygen atoms in total. The van der Waals surface area contributed by atoms with Crippen molar-refractivity contribution < 1.29 is 17.9 Å². The van der Waals surface area contributed by atoms with Crippen LogP contribution in [0.25, 0.3) is 0 Å². The average Bonchev–Trinajstić information content (AvgIpc) is 2.42. The Morgan fingerprint density at radius 2 is 1.67 bits per heavy atom. The van der Waals surface area contributed by atoms with Gasteiger partial charge in [0.15, 0.2) is 0 Å². The zero-order valence-corrected chi connectivity index (χ0v) is 14.1. The van der Waals surface area contributed by atoms with Crippen LogP contribution < -0.4 is 10.1 Å². The zero-order chi connectivity index (χ0) is 16.1. The molecule has 0 radical (unpaired) electrons. The second-order valence-corrected chi connectivity index (χ2v) is 5.86. The van der Waals surface area contributed by atoms with Crippen molar-refractivity contribution in [3.05, 3.63) is 28.2 Å². The number of alkyl halides is 3. The molecule has 0 spiro atoms. The summed E-state index contributed by atoms with van der Waals surface area (Å²) in [6, 6.07) is 4.63. The van der Waals surface area contributed by atoms with E-state index in [1.807, 2.05) is 0 Å². The van der Waals surface area contributed by atoms with E-state index in [2.05, 4.69) is 46.8 Å². The van der Waals surface area contributed by atoms with E-state index >= 15 is 0 Å². The molecule has 0 bridgehead atoms. The summed E-state index contributed by atoms with van der Waals surface area (Å²) in [5.74, 6) is -0.223. The Balaban J connectivity index is 2.76. The molecule has 1 N–H and O–H groups in total. The van der Waals surface area contributed by atoms with Gasteiger partial charge < -0.3 is 10.1 Å². The summed E-state index contributed by atoms with van der Waals surface area (Å²) < 4.78 is 40.9. The van der Waals surface area contributed by atoms with Crippen LogP contribution in [0.2, 0.25) is 0 Å². The number of rotatable bonds is 7. The van der Waals surface area contributed by atoms with Crippen LogP contribution in [0.1, 0.15) is 45.6 Å². The van der Waals surface area contributed by atoms with Crippen LogP contribution >= 0.6 is 15.9 Å². The highest BCUT2D eigenvalue weighted by Gasteiger charge is 2.32. The molecule has 0 aliphatic carbocycles. The molecule has 1 rings (SSSR count). The van der Waals surface area contributed by atoms with Gasteiger partial charge in [-0.1, -0.05) is 26.8 Å². The van der Waals surface area contributed by atoms with Gasteiger partial charge in [0.05, 0.1) is 4.47 Å². The summed E-state index contributed by atoms with van der Waals surface area (Å²) in [7, 11) is 0. The molecule has 0 aliphatic rings. The molecule has 0 heterocycles. The van der Waals surface area contributed by atoms with E-state index in [-0.39, 0.29) is 11.3 Å². The van der Waals surface area contributed by atoms with E-state index in [1.165, 1.54) is 6.07 Å². The van der Waals surface area contributed by atoms with Gasteiger partial charge in [-0.25, -0.2) is 0 Å². The largest absolute Gasteiger partial charge is 0.573 e. The van der Waals surface area contributed by atoms with Gasteiger partial charge in [-0.2, -0.15) is 0 Å².